The van der Waals surface area contributed by atoms with E-state index < -0.39 is 12.3 Å². The summed E-state index contributed by atoms with van der Waals surface area (Å²) in [6.45, 7) is 2.07. The Kier molecular flexibility index (Phi) is 6.37. The van der Waals surface area contributed by atoms with Gasteiger partial charge in [0.05, 0.1) is 3.92 Å². The van der Waals surface area contributed by atoms with Crippen LogP contribution in [0.5, 0.6) is 0 Å². The van der Waals surface area contributed by atoms with Crippen molar-refractivity contribution in [2.24, 2.45) is 0 Å². The highest BCUT2D eigenvalue weighted by Gasteiger charge is 2.38. The second-order valence-corrected chi connectivity index (χ2v) is 6.83. The number of alkyl carbamates (subject to hydrolysis) is 1. The van der Waals surface area contributed by atoms with Crippen molar-refractivity contribution in [3.05, 3.63) is 35.9 Å². The molecule has 0 aromatic heterocycles. The Bertz CT molecular complexity index is 563. The van der Waals surface area contributed by atoms with E-state index in [1.807, 2.05) is 37.3 Å². The van der Waals surface area contributed by atoms with Crippen molar-refractivity contribution < 1.29 is 19.1 Å². The van der Waals surface area contributed by atoms with E-state index in [9.17, 15) is 14.4 Å². The van der Waals surface area contributed by atoms with Crippen LogP contribution in [0.1, 0.15) is 31.7 Å². The van der Waals surface area contributed by atoms with Crippen LogP contribution >= 0.6 is 22.6 Å². The minimum Gasteiger partial charge on any atom is -0.445 e. The van der Waals surface area contributed by atoms with Crippen molar-refractivity contribution >= 4 is 40.5 Å². The van der Waals surface area contributed by atoms with Crippen molar-refractivity contribution in [2.45, 2.75) is 42.9 Å². The van der Waals surface area contributed by atoms with E-state index >= 15 is 0 Å². The molecule has 0 aliphatic carbocycles. The molecule has 0 radical (unpaired) electrons. The largest absolute Gasteiger partial charge is 0.445 e. The summed E-state index contributed by atoms with van der Waals surface area (Å²) in [5, 5.41) is 2.66. The predicted octanol–water partition coefficient (Wildman–Crippen LogP) is 2.60. The van der Waals surface area contributed by atoms with E-state index in [0.717, 1.165) is 10.5 Å². The maximum atomic E-state index is 12.0. The Labute approximate surface area is 148 Å². The number of carbonyl (C=O) groups is 3. The zero-order valence-corrected chi connectivity index (χ0v) is 15.0. The fraction of sp³-hybridized carbons (Fsp3) is 0.438. The number of hydrogen-bond acceptors (Lipinski definition) is 4. The Balaban J connectivity index is 1.98. The molecule has 1 aromatic carbocycles. The summed E-state index contributed by atoms with van der Waals surface area (Å²) in [4.78, 5) is 37.0. The van der Waals surface area contributed by atoms with Crippen LogP contribution in [-0.2, 0) is 20.9 Å². The topological polar surface area (TPSA) is 75.7 Å². The van der Waals surface area contributed by atoms with E-state index in [4.69, 9.17) is 4.74 Å². The van der Waals surface area contributed by atoms with Gasteiger partial charge in [-0.05, 0) is 12.0 Å². The Hall–Kier alpha value is -1.64. The molecule has 7 heteroatoms. The minimum atomic E-state index is -0.675. The molecule has 2 rings (SSSR count). The van der Waals surface area contributed by atoms with Gasteiger partial charge in [-0.1, -0.05) is 59.8 Å². The first kappa shape index (κ1) is 17.7. The van der Waals surface area contributed by atoms with Gasteiger partial charge in [-0.3, -0.25) is 19.8 Å². The highest BCUT2D eigenvalue weighted by Crippen LogP contribution is 2.21. The first-order valence-corrected chi connectivity index (χ1v) is 8.73. The Morgan fingerprint density at radius 1 is 1.26 bits per heavy atom. The number of alkyl halides is 1. The third kappa shape index (κ3) is 4.66. The molecule has 0 bridgehead atoms. The fourth-order valence-electron chi connectivity index (χ4n) is 2.33. The second-order valence-electron chi connectivity index (χ2n) is 5.23. The zero-order valence-electron chi connectivity index (χ0n) is 12.8. The molecule has 0 spiro atoms. The van der Waals surface area contributed by atoms with E-state index in [1.165, 1.54) is 0 Å². The van der Waals surface area contributed by atoms with Gasteiger partial charge in [0, 0.05) is 12.8 Å². The maximum Gasteiger partial charge on any atom is 0.409 e. The van der Waals surface area contributed by atoms with Crippen LogP contribution in [0.2, 0.25) is 0 Å². The minimum absolute atomic E-state index is 0.0807. The molecule has 1 aliphatic rings. The summed E-state index contributed by atoms with van der Waals surface area (Å²) >= 11 is 2.13. The first-order chi connectivity index (χ1) is 11.0. The lowest BCUT2D eigenvalue weighted by Crippen LogP contribution is -2.55. The van der Waals surface area contributed by atoms with Crippen LogP contribution in [0, 0.1) is 0 Å². The van der Waals surface area contributed by atoms with Gasteiger partial charge in [0.25, 0.3) is 0 Å². The van der Waals surface area contributed by atoms with Gasteiger partial charge in [-0.15, -0.1) is 0 Å². The number of likely N-dealkylation sites (tertiary alicyclic amines) is 1. The number of imide groups is 1. The Morgan fingerprint density at radius 3 is 2.43 bits per heavy atom. The Morgan fingerprint density at radius 2 is 1.87 bits per heavy atom. The van der Waals surface area contributed by atoms with Gasteiger partial charge in [-0.25, -0.2) is 4.79 Å². The normalized spacial score (nSPS) is 17.0. The lowest BCUT2D eigenvalue weighted by molar-refractivity contribution is -0.141. The number of rotatable bonds is 6. The van der Waals surface area contributed by atoms with Crippen LogP contribution in [0.25, 0.3) is 0 Å². The summed E-state index contributed by atoms with van der Waals surface area (Å²) in [6.07, 6.45) is -0.207. The third-order valence-corrected chi connectivity index (χ3v) is 5.14. The van der Waals surface area contributed by atoms with Crippen molar-refractivity contribution in [1.82, 2.24) is 10.2 Å². The summed E-state index contributed by atoms with van der Waals surface area (Å²) < 4.78 is 5.10. The van der Waals surface area contributed by atoms with Gasteiger partial charge in [0.2, 0.25) is 11.8 Å². The number of carbonyl (C=O) groups excluding carboxylic acids is 3. The summed E-state index contributed by atoms with van der Waals surface area (Å²) in [7, 11) is 0. The van der Waals surface area contributed by atoms with Gasteiger partial charge in [0.1, 0.15) is 12.8 Å². The molecule has 0 saturated carbocycles. The number of hydrogen-bond donors (Lipinski definition) is 1. The number of benzene rings is 1. The SMILES string of the molecule is CC[C@H](I)[C@H](NC(=O)OCc1ccccc1)N1C(=O)CCC1=O. The van der Waals surface area contributed by atoms with Gasteiger partial charge in [-0.2, -0.15) is 0 Å². The molecule has 124 valence electrons. The lowest BCUT2D eigenvalue weighted by atomic mass is 10.2. The van der Waals surface area contributed by atoms with Gasteiger partial charge >= 0.3 is 6.09 Å². The average Bonchev–Trinajstić information content (AvgIpc) is 2.90. The quantitative estimate of drug-likeness (QED) is 0.428. The molecule has 23 heavy (non-hydrogen) atoms. The van der Waals surface area contributed by atoms with Crippen LogP contribution in [-0.4, -0.2) is 32.9 Å². The smallest absolute Gasteiger partial charge is 0.409 e. The summed E-state index contributed by atoms with van der Waals surface area (Å²) in [6, 6.07) is 9.31. The lowest BCUT2D eigenvalue weighted by Gasteiger charge is -2.30. The number of nitrogens with one attached hydrogen (secondary N) is 1. The molecule has 1 N–H and O–H groups in total. The van der Waals surface area contributed by atoms with E-state index in [0.29, 0.717) is 6.42 Å². The number of halogens is 1. The molecule has 2 atom stereocenters. The molecule has 1 saturated heterocycles. The summed E-state index contributed by atoms with van der Waals surface area (Å²) in [5.74, 6) is -0.503. The molecular formula is C16H19IN2O4. The number of amides is 3. The first-order valence-electron chi connectivity index (χ1n) is 7.49. The van der Waals surface area contributed by atoms with Crippen molar-refractivity contribution in [1.29, 1.82) is 0 Å². The molecule has 1 aromatic rings. The standard InChI is InChI=1S/C16H19IN2O4/c1-2-12(17)15(19-13(20)8-9-14(19)21)18-16(22)23-10-11-6-4-3-5-7-11/h3-7,12,15H,2,8-10H2,1H3,(H,18,22)/t12-,15+/m0/s1. The molecule has 1 heterocycles. The molecule has 6 nitrogen and oxygen atoms in total. The number of nitrogens with zero attached hydrogens (tertiary/aromatic N) is 1. The zero-order chi connectivity index (χ0) is 16.8. The monoisotopic (exact) mass is 430 g/mol. The van der Waals surface area contributed by atoms with Crippen LogP contribution in [0.4, 0.5) is 4.79 Å². The molecule has 0 unspecified atom stereocenters. The van der Waals surface area contributed by atoms with Crippen molar-refractivity contribution in [3.63, 3.8) is 0 Å². The highest BCUT2D eigenvalue weighted by atomic mass is 127. The second kappa shape index (κ2) is 8.28. The van der Waals surface area contributed by atoms with E-state index in [2.05, 4.69) is 27.9 Å². The van der Waals surface area contributed by atoms with E-state index in [-0.39, 0.29) is 35.2 Å². The van der Waals surface area contributed by atoms with Crippen molar-refractivity contribution in [2.75, 3.05) is 0 Å². The average molecular weight is 430 g/mol. The van der Waals surface area contributed by atoms with Crippen LogP contribution < -0.4 is 5.32 Å². The van der Waals surface area contributed by atoms with Crippen LogP contribution in [0.15, 0.2) is 30.3 Å². The fourth-order valence-corrected chi connectivity index (χ4v) is 2.83. The van der Waals surface area contributed by atoms with Gasteiger partial charge < -0.3 is 4.74 Å². The van der Waals surface area contributed by atoms with E-state index in [1.54, 1.807) is 0 Å². The number of ether oxygens (including phenoxy) is 1. The third-order valence-electron chi connectivity index (χ3n) is 3.58. The van der Waals surface area contributed by atoms with Gasteiger partial charge in [0.15, 0.2) is 0 Å². The van der Waals surface area contributed by atoms with Crippen LogP contribution in [0.3, 0.4) is 0 Å². The predicted molar refractivity (Wildman–Crippen MR) is 92.7 cm³/mol. The highest BCUT2D eigenvalue weighted by molar-refractivity contribution is 14.1. The molecular weight excluding hydrogens is 411 g/mol. The maximum absolute atomic E-state index is 12.0. The molecule has 1 fully saturated rings. The summed E-state index contributed by atoms with van der Waals surface area (Å²) in [5.41, 5.74) is 0.869. The molecule has 1 aliphatic heterocycles. The molecule has 3 amide bonds. The van der Waals surface area contributed by atoms with Crippen molar-refractivity contribution in [3.8, 4) is 0 Å².